The number of alkyl carbamates (subject to hydrolysis) is 1. The van der Waals surface area contributed by atoms with Crippen molar-refractivity contribution in [1.29, 1.82) is 0 Å². The first-order chi connectivity index (χ1) is 13.0. The number of aliphatic hydroxyl groups is 1. The maximum atomic E-state index is 14.2. The SMILES string of the molecule is O=C(NCCO)OCCc1c(-c2ccc(F)cc2)[nH]c2c(F)cc(F)cc12. The van der Waals surface area contributed by atoms with Crippen LogP contribution in [0.5, 0.6) is 0 Å². The molecule has 1 aromatic heterocycles. The molecule has 0 radical (unpaired) electrons. The van der Waals surface area contributed by atoms with Crippen LogP contribution in [0.1, 0.15) is 5.56 Å². The number of ether oxygens (including phenoxy) is 1. The Hall–Kier alpha value is -3.00. The Morgan fingerprint density at radius 1 is 1.11 bits per heavy atom. The highest BCUT2D eigenvalue weighted by Gasteiger charge is 2.17. The predicted molar refractivity (Wildman–Crippen MR) is 93.7 cm³/mol. The molecule has 0 saturated carbocycles. The number of carbonyl (C=O) groups is 1. The molecule has 142 valence electrons. The number of hydrogen-bond acceptors (Lipinski definition) is 3. The summed E-state index contributed by atoms with van der Waals surface area (Å²) < 4.78 is 46.1. The number of aromatic amines is 1. The minimum absolute atomic E-state index is 0.0451. The fourth-order valence-electron chi connectivity index (χ4n) is 2.85. The van der Waals surface area contributed by atoms with E-state index >= 15 is 0 Å². The van der Waals surface area contributed by atoms with Crippen LogP contribution in [-0.2, 0) is 11.2 Å². The average molecular weight is 378 g/mol. The Bertz CT molecular complexity index is 955. The van der Waals surface area contributed by atoms with Gasteiger partial charge in [-0.1, -0.05) is 0 Å². The van der Waals surface area contributed by atoms with Gasteiger partial charge < -0.3 is 20.1 Å². The Kier molecular flexibility index (Phi) is 5.66. The molecule has 0 aliphatic rings. The van der Waals surface area contributed by atoms with E-state index in [1.165, 1.54) is 30.3 Å². The standard InChI is InChI=1S/C19H17F3N2O3/c20-12-3-1-11(2-4-12)17-14(5-8-27-19(26)23-6-7-25)15-9-13(21)10-16(22)18(15)24-17/h1-4,9-10,24-25H,5-8H2,(H,23,26). The van der Waals surface area contributed by atoms with Gasteiger partial charge in [0, 0.05) is 30.1 Å². The molecule has 0 fully saturated rings. The zero-order valence-electron chi connectivity index (χ0n) is 14.2. The number of benzene rings is 2. The summed E-state index contributed by atoms with van der Waals surface area (Å²) in [6.07, 6.45) is -0.521. The lowest BCUT2D eigenvalue weighted by atomic mass is 10.0. The van der Waals surface area contributed by atoms with E-state index in [-0.39, 0.29) is 31.7 Å². The molecule has 0 unspecified atom stereocenters. The van der Waals surface area contributed by atoms with Gasteiger partial charge in [-0.2, -0.15) is 0 Å². The van der Waals surface area contributed by atoms with E-state index in [2.05, 4.69) is 10.3 Å². The van der Waals surface area contributed by atoms with Crippen LogP contribution in [0.25, 0.3) is 22.2 Å². The van der Waals surface area contributed by atoms with Gasteiger partial charge in [-0.15, -0.1) is 0 Å². The second-order valence-corrected chi connectivity index (χ2v) is 5.83. The lowest BCUT2D eigenvalue weighted by molar-refractivity contribution is 0.144. The molecular formula is C19H17F3N2O3. The number of rotatable bonds is 6. The van der Waals surface area contributed by atoms with Crippen molar-refractivity contribution in [2.75, 3.05) is 19.8 Å². The van der Waals surface area contributed by atoms with Gasteiger partial charge in [-0.25, -0.2) is 18.0 Å². The number of fused-ring (bicyclic) bond motifs is 1. The third-order valence-electron chi connectivity index (χ3n) is 4.03. The summed E-state index contributed by atoms with van der Waals surface area (Å²) in [6.45, 7) is -0.204. The summed E-state index contributed by atoms with van der Waals surface area (Å²) >= 11 is 0. The first-order valence-electron chi connectivity index (χ1n) is 8.26. The number of carbonyl (C=O) groups excluding carboxylic acids is 1. The van der Waals surface area contributed by atoms with Crippen LogP contribution in [-0.4, -0.2) is 35.9 Å². The van der Waals surface area contributed by atoms with Gasteiger partial charge in [-0.05, 0) is 41.5 Å². The molecule has 5 nitrogen and oxygen atoms in total. The zero-order valence-corrected chi connectivity index (χ0v) is 14.2. The second kappa shape index (κ2) is 8.13. The fourth-order valence-corrected chi connectivity index (χ4v) is 2.85. The monoisotopic (exact) mass is 378 g/mol. The first kappa shape index (κ1) is 18.8. The summed E-state index contributed by atoms with van der Waals surface area (Å²) in [4.78, 5) is 14.4. The van der Waals surface area contributed by atoms with Crippen LogP contribution in [0, 0.1) is 17.5 Å². The van der Waals surface area contributed by atoms with E-state index < -0.39 is 23.5 Å². The van der Waals surface area contributed by atoms with Crippen molar-refractivity contribution in [2.24, 2.45) is 0 Å². The van der Waals surface area contributed by atoms with Gasteiger partial charge in [0.05, 0.1) is 18.7 Å². The van der Waals surface area contributed by atoms with Crippen molar-refractivity contribution >= 4 is 17.0 Å². The van der Waals surface area contributed by atoms with Gasteiger partial charge in [0.15, 0.2) is 0 Å². The number of halogens is 3. The maximum absolute atomic E-state index is 14.2. The third-order valence-corrected chi connectivity index (χ3v) is 4.03. The maximum Gasteiger partial charge on any atom is 0.407 e. The lowest BCUT2D eigenvalue weighted by Gasteiger charge is -2.08. The molecule has 0 aliphatic heterocycles. The number of aliphatic hydroxyl groups excluding tert-OH is 1. The highest BCUT2D eigenvalue weighted by atomic mass is 19.1. The largest absolute Gasteiger partial charge is 0.449 e. The number of nitrogens with one attached hydrogen (secondary N) is 2. The molecule has 27 heavy (non-hydrogen) atoms. The molecule has 3 aromatic rings. The Morgan fingerprint density at radius 3 is 2.56 bits per heavy atom. The van der Waals surface area contributed by atoms with Crippen LogP contribution >= 0.6 is 0 Å². The number of amides is 1. The van der Waals surface area contributed by atoms with Crippen LogP contribution < -0.4 is 5.32 Å². The van der Waals surface area contributed by atoms with E-state index in [4.69, 9.17) is 9.84 Å². The quantitative estimate of drug-likeness (QED) is 0.615. The number of hydrogen-bond donors (Lipinski definition) is 3. The molecule has 0 aliphatic carbocycles. The molecule has 1 heterocycles. The van der Waals surface area contributed by atoms with Crippen molar-refractivity contribution in [2.45, 2.75) is 6.42 Å². The average Bonchev–Trinajstić information content (AvgIpc) is 2.99. The summed E-state index contributed by atoms with van der Waals surface area (Å²) in [6, 6.07) is 7.54. The molecule has 1 amide bonds. The van der Waals surface area contributed by atoms with Crippen molar-refractivity contribution < 1.29 is 27.8 Å². The second-order valence-electron chi connectivity index (χ2n) is 5.83. The molecule has 0 bridgehead atoms. The van der Waals surface area contributed by atoms with Gasteiger partial charge in [0.2, 0.25) is 0 Å². The Labute approximate surface area is 152 Å². The molecule has 0 spiro atoms. The van der Waals surface area contributed by atoms with Gasteiger partial charge in [0.25, 0.3) is 0 Å². The first-order valence-corrected chi connectivity index (χ1v) is 8.26. The van der Waals surface area contributed by atoms with Crippen molar-refractivity contribution in [3.63, 3.8) is 0 Å². The zero-order chi connectivity index (χ0) is 19.4. The minimum atomic E-state index is -0.749. The van der Waals surface area contributed by atoms with Gasteiger partial charge in [0.1, 0.15) is 17.5 Å². The summed E-state index contributed by atoms with van der Waals surface area (Å²) in [5, 5.41) is 11.3. The molecule has 0 saturated heterocycles. The van der Waals surface area contributed by atoms with E-state index in [0.717, 1.165) is 6.07 Å². The van der Waals surface area contributed by atoms with E-state index in [1.807, 2.05) is 0 Å². The van der Waals surface area contributed by atoms with Crippen molar-refractivity contribution in [3.05, 3.63) is 59.4 Å². The smallest absolute Gasteiger partial charge is 0.407 e. The predicted octanol–water partition coefficient (Wildman–Crippen LogP) is 3.51. The number of H-pyrrole nitrogens is 1. The Balaban J connectivity index is 1.94. The molecule has 2 aromatic carbocycles. The van der Waals surface area contributed by atoms with Crippen LogP contribution in [0.3, 0.4) is 0 Å². The molecule has 0 atom stereocenters. The lowest BCUT2D eigenvalue weighted by Crippen LogP contribution is -2.27. The van der Waals surface area contributed by atoms with Crippen LogP contribution in [0.15, 0.2) is 36.4 Å². The molecular weight excluding hydrogens is 361 g/mol. The summed E-state index contributed by atoms with van der Waals surface area (Å²) in [5.74, 6) is -1.90. The summed E-state index contributed by atoms with van der Waals surface area (Å²) in [5.41, 5.74) is 1.75. The molecule has 3 N–H and O–H groups in total. The van der Waals surface area contributed by atoms with Crippen molar-refractivity contribution in [3.8, 4) is 11.3 Å². The minimum Gasteiger partial charge on any atom is -0.449 e. The van der Waals surface area contributed by atoms with Gasteiger partial charge >= 0.3 is 6.09 Å². The highest BCUT2D eigenvalue weighted by Crippen LogP contribution is 2.32. The molecule has 8 heteroatoms. The number of aromatic nitrogens is 1. The van der Waals surface area contributed by atoms with E-state index in [0.29, 0.717) is 22.2 Å². The fraction of sp³-hybridized carbons (Fsp3) is 0.211. The molecule has 3 rings (SSSR count). The van der Waals surface area contributed by atoms with E-state index in [9.17, 15) is 18.0 Å². The summed E-state index contributed by atoms with van der Waals surface area (Å²) in [7, 11) is 0. The Morgan fingerprint density at radius 2 is 1.85 bits per heavy atom. The normalized spacial score (nSPS) is 11.0. The van der Waals surface area contributed by atoms with Crippen molar-refractivity contribution in [1.82, 2.24) is 10.3 Å². The van der Waals surface area contributed by atoms with Gasteiger partial charge in [-0.3, -0.25) is 0 Å². The topological polar surface area (TPSA) is 74.3 Å². The van der Waals surface area contributed by atoms with Crippen LogP contribution in [0.2, 0.25) is 0 Å². The third kappa shape index (κ3) is 4.22. The van der Waals surface area contributed by atoms with E-state index in [1.54, 1.807) is 0 Å². The highest BCUT2D eigenvalue weighted by molar-refractivity contribution is 5.91. The van der Waals surface area contributed by atoms with Crippen LogP contribution in [0.4, 0.5) is 18.0 Å².